The molecule has 0 unspecified atom stereocenters. The van der Waals surface area contributed by atoms with Gasteiger partial charge in [0, 0.05) is 17.2 Å². The molecule has 2 heterocycles. The Hall–Kier alpha value is -2.62. The fourth-order valence-corrected chi connectivity index (χ4v) is 2.87. The summed E-state index contributed by atoms with van der Waals surface area (Å²) in [4.78, 5) is 17.4. The monoisotopic (exact) mass is 335 g/mol. The van der Waals surface area contributed by atoms with Crippen LogP contribution >= 0.6 is 0 Å². The average Bonchev–Trinajstić information content (AvgIpc) is 2.83. The Morgan fingerprint density at radius 3 is 2.24 bits per heavy atom. The predicted octanol–water partition coefficient (Wildman–Crippen LogP) is 4.91. The predicted molar refractivity (Wildman–Crippen MR) is 103 cm³/mol. The lowest BCUT2D eigenvalue weighted by molar-refractivity contribution is -0.123. The molecule has 25 heavy (non-hydrogen) atoms. The summed E-state index contributed by atoms with van der Waals surface area (Å²) in [5.41, 5.74) is 5.66. The maximum Gasteiger partial charge on any atom is 0.230 e. The van der Waals surface area contributed by atoms with E-state index in [4.69, 9.17) is 4.98 Å². The lowest BCUT2D eigenvalue weighted by atomic mass is 9.95. The maximum atomic E-state index is 12.6. The molecule has 2 aromatic heterocycles. The first kappa shape index (κ1) is 17.2. The number of benzene rings is 1. The molecule has 0 fully saturated rings. The first-order valence-corrected chi connectivity index (χ1v) is 8.54. The van der Waals surface area contributed by atoms with Crippen LogP contribution in [0.2, 0.25) is 0 Å². The Kier molecular flexibility index (Phi) is 4.15. The van der Waals surface area contributed by atoms with Crippen LogP contribution < -0.4 is 5.32 Å². The average molecular weight is 335 g/mol. The lowest BCUT2D eigenvalue weighted by Gasteiger charge is -2.18. The van der Waals surface area contributed by atoms with E-state index in [1.54, 1.807) is 0 Å². The third-order valence-electron chi connectivity index (χ3n) is 4.19. The molecule has 4 heteroatoms. The number of nitrogens with one attached hydrogen (secondary N) is 1. The lowest BCUT2D eigenvalue weighted by Crippen LogP contribution is -2.28. The van der Waals surface area contributed by atoms with Crippen LogP contribution in [0.3, 0.4) is 0 Å². The van der Waals surface area contributed by atoms with E-state index in [2.05, 4.69) is 37.4 Å². The highest BCUT2D eigenvalue weighted by molar-refractivity contribution is 5.97. The minimum atomic E-state index is -0.478. The number of imidazole rings is 1. The van der Waals surface area contributed by atoms with E-state index in [9.17, 15) is 4.79 Å². The van der Waals surface area contributed by atoms with Crippen LogP contribution in [0, 0.1) is 26.2 Å². The van der Waals surface area contributed by atoms with E-state index in [0.717, 1.165) is 28.3 Å². The number of aryl methyl sites for hydroxylation is 3. The first-order chi connectivity index (χ1) is 11.6. The van der Waals surface area contributed by atoms with Crippen LogP contribution in [0.1, 0.15) is 37.5 Å². The smallest absolute Gasteiger partial charge is 0.230 e. The van der Waals surface area contributed by atoms with Crippen LogP contribution in [0.15, 0.2) is 36.5 Å². The molecule has 0 aliphatic carbocycles. The summed E-state index contributed by atoms with van der Waals surface area (Å²) in [5, 5.41) is 3.09. The molecule has 1 aromatic carbocycles. The number of rotatable bonds is 2. The molecule has 0 aliphatic rings. The Morgan fingerprint density at radius 2 is 1.64 bits per heavy atom. The molecule has 0 bridgehead atoms. The number of hydrogen-bond acceptors (Lipinski definition) is 2. The highest BCUT2D eigenvalue weighted by atomic mass is 16.2. The van der Waals surface area contributed by atoms with Crippen LogP contribution in [-0.4, -0.2) is 15.3 Å². The number of hydrogen-bond donors (Lipinski definition) is 1. The van der Waals surface area contributed by atoms with Crippen molar-refractivity contribution < 1.29 is 4.79 Å². The molecule has 0 atom stereocenters. The number of fused-ring (bicyclic) bond motifs is 1. The summed E-state index contributed by atoms with van der Waals surface area (Å²) in [5.74, 6) is 0.695. The second kappa shape index (κ2) is 6.03. The van der Waals surface area contributed by atoms with Crippen molar-refractivity contribution in [2.75, 3.05) is 5.32 Å². The van der Waals surface area contributed by atoms with Gasteiger partial charge in [0.2, 0.25) is 5.91 Å². The van der Waals surface area contributed by atoms with Crippen molar-refractivity contribution in [2.45, 2.75) is 41.5 Å². The molecule has 4 nitrogen and oxygen atoms in total. The zero-order valence-corrected chi connectivity index (χ0v) is 15.8. The summed E-state index contributed by atoms with van der Waals surface area (Å²) in [6.07, 6.45) is 1.96. The van der Waals surface area contributed by atoms with E-state index in [1.807, 2.05) is 50.4 Å². The van der Waals surface area contributed by atoms with E-state index < -0.39 is 5.41 Å². The van der Waals surface area contributed by atoms with Gasteiger partial charge in [0.05, 0.1) is 0 Å². The number of carbonyl (C=O) groups is 1. The summed E-state index contributed by atoms with van der Waals surface area (Å²) >= 11 is 0. The van der Waals surface area contributed by atoms with Crippen molar-refractivity contribution in [2.24, 2.45) is 5.41 Å². The number of pyridine rings is 1. The zero-order valence-electron chi connectivity index (χ0n) is 15.8. The molecular weight excluding hydrogens is 310 g/mol. The van der Waals surface area contributed by atoms with E-state index >= 15 is 0 Å². The molecular formula is C21H25N3O. The second-order valence-electron chi connectivity index (χ2n) is 7.82. The fraction of sp³-hybridized carbons (Fsp3) is 0.333. The highest BCUT2D eigenvalue weighted by Gasteiger charge is 2.24. The van der Waals surface area contributed by atoms with Crippen LogP contribution in [0.25, 0.3) is 16.9 Å². The molecule has 0 radical (unpaired) electrons. The van der Waals surface area contributed by atoms with Gasteiger partial charge in [-0.15, -0.1) is 0 Å². The largest absolute Gasteiger partial charge is 0.309 e. The summed E-state index contributed by atoms with van der Waals surface area (Å²) in [6, 6.07) is 10.4. The zero-order chi connectivity index (χ0) is 18.4. The minimum Gasteiger partial charge on any atom is -0.309 e. The third-order valence-corrected chi connectivity index (χ3v) is 4.19. The van der Waals surface area contributed by atoms with Gasteiger partial charge in [-0.05, 0) is 50.6 Å². The van der Waals surface area contributed by atoms with Gasteiger partial charge in [0.25, 0.3) is 0 Å². The second-order valence-corrected chi connectivity index (χ2v) is 7.82. The van der Waals surface area contributed by atoms with Crippen molar-refractivity contribution in [3.05, 3.63) is 53.2 Å². The molecule has 3 rings (SSSR count). The SMILES string of the molecule is Cc1cc(C)cc(-c2nc3cc(C)ccn3c2NC(=O)C(C)(C)C)c1. The standard InChI is InChI=1S/C21H25N3O/c1-13-7-8-24-17(12-13)22-18(16-10-14(2)9-15(3)11-16)19(24)23-20(25)21(4,5)6/h7-12H,1-6H3,(H,23,25). The number of carbonyl (C=O) groups excluding carboxylic acids is 1. The molecule has 0 aliphatic heterocycles. The molecule has 0 saturated heterocycles. The quantitative estimate of drug-likeness (QED) is 0.723. The summed E-state index contributed by atoms with van der Waals surface area (Å²) in [6.45, 7) is 11.9. The van der Waals surface area contributed by atoms with Gasteiger partial charge < -0.3 is 5.32 Å². The Bertz CT molecular complexity index is 941. The van der Waals surface area contributed by atoms with Gasteiger partial charge in [-0.3, -0.25) is 9.20 Å². The Labute approximate surface area is 148 Å². The van der Waals surface area contributed by atoms with Crippen molar-refractivity contribution in [3.63, 3.8) is 0 Å². The number of anilines is 1. The maximum absolute atomic E-state index is 12.6. The summed E-state index contributed by atoms with van der Waals surface area (Å²) < 4.78 is 1.95. The Morgan fingerprint density at radius 1 is 1.00 bits per heavy atom. The number of nitrogens with zero attached hydrogens (tertiary/aromatic N) is 2. The Balaban J connectivity index is 2.23. The van der Waals surface area contributed by atoms with Crippen LogP contribution in [0.5, 0.6) is 0 Å². The van der Waals surface area contributed by atoms with E-state index in [1.165, 1.54) is 11.1 Å². The van der Waals surface area contributed by atoms with Gasteiger partial charge in [0.1, 0.15) is 17.2 Å². The van der Waals surface area contributed by atoms with Crippen molar-refractivity contribution >= 4 is 17.4 Å². The van der Waals surface area contributed by atoms with E-state index in [0.29, 0.717) is 0 Å². The number of amides is 1. The molecule has 0 saturated carbocycles. The van der Waals surface area contributed by atoms with Crippen LogP contribution in [-0.2, 0) is 4.79 Å². The van der Waals surface area contributed by atoms with Crippen molar-refractivity contribution in [3.8, 4) is 11.3 Å². The highest BCUT2D eigenvalue weighted by Crippen LogP contribution is 2.31. The molecule has 1 N–H and O–H groups in total. The van der Waals surface area contributed by atoms with E-state index in [-0.39, 0.29) is 5.91 Å². The van der Waals surface area contributed by atoms with Gasteiger partial charge in [-0.1, -0.05) is 38.0 Å². The third kappa shape index (κ3) is 3.43. The molecule has 1 amide bonds. The van der Waals surface area contributed by atoms with Crippen molar-refractivity contribution in [1.29, 1.82) is 0 Å². The van der Waals surface area contributed by atoms with Gasteiger partial charge >= 0.3 is 0 Å². The topological polar surface area (TPSA) is 46.4 Å². The molecule has 3 aromatic rings. The van der Waals surface area contributed by atoms with Gasteiger partial charge in [-0.25, -0.2) is 4.98 Å². The summed E-state index contributed by atoms with van der Waals surface area (Å²) in [7, 11) is 0. The first-order valence-electron chi connectivity index (χ1n) is 8.54. The molecule has 130 valence electrons. The van der Waals surface area contributed by atoms with Gasteiger partial charge in [-0.2, -0.15) is 0 Å². The minimum absolute atomic E-state index is 0.0273. The fourth-order valence-electron chi connectivity index (χ4n) is 2.87. The normalized spacial score (nSPS) is 11.8. The van der Waals surface area contributed by atoms with Crippen LogP contribution in [0.4, 0.5) is 5.82 Å². The number of aromatic nitrogens is 2. The van der Waals surface area contributed by atoms with Crippen molar-refractivity contribution in [1.82, 2.24) is 9.38 Å². The molecule has 0 spiro atoms. The van der Waals surface area contributed by atoms with Gasteiger partial charge in [0.15, 0.2) is 0 Å².